The summed E-state index contributed by atoms with van der Waals surface area (Å²) in [6.07, 6.45) is 1.93. The van der Waals surface area contributed by atoms with Crippen molar-refractivity contribution in [3.63, 3.8) is 0 Å². The topological polar surface area (TPSA) is 29.5 Å². The van der Waals surface area contributed by atoms with E-state index in [-0.39, 0.29) is 6.61 Å². The highest BCUT2D eigenvalue weighted by Crippen LogP contribution is 2.11. The van der Waals surface area contributed by atoms with E-state index in [2.05, 4.69) is 6.92 Å². The molecule has 1 unspecified atom stereocenters. The number of rotatable bonds is 6. The quantitative estimate of drug-likeness (QED) is 0.753. The van der Waals surface area contributed by atoms with Crippen LogP contribution in [-0.4, -0.2) is 18.3 Å². The van der Waals surface area contributed by atoms with Crippen molar-refractivity contribution in [1.29, 1.82) is 0 Å². The Kier molecular flexibility index (Phi) is 5.08. The molecule has 0 saturated heterocycles. The van der Waals surface area contributed by atoms with Gasteiger partial charge in [-0.3, -0.25) is 0 Å². The third kappa shape index (κ3) is 3.79. The van der Waals surface area contributed by atoms with Gasteiger partial charge in [0.2, 0.25) is 0 Å². The van der Waals surface area contributed by atoms with Crippen molar-refractivity contribution in [2.45, 2.75) is 19.8 Å². The molecule has 14 heavy (non-hydrogen) atoms. The molecule has 0 bridgehead atoms. The summed E-state index contributed by atoms with van der Waals surface area (Å²) in [5, 5.41) is 8.97. The minimum absolute atomic E-state index is 0.259. The van der Waals surface area contributed by atoms with Gasteiger partial charge in [0.1, 0.15) is 5.75 Å². The van der Waals surface area contributed by atoms with E-state index in [1.165, 1.54) is 0 Å². The van der Waals surface area contributed by atoms with Crippen molar-refractivity contribution in [2.75, 3.05) is 13.2 Å². The minimum atomic E-state index is 0.259. The van der Waals surface area contributed by atoms with Gasteiger partial charge in [-0.1, -0.05) is 31.5 Å². The molecular weight excluding hydrogens is 176 g/mol. The summed E-state index contributed by atoms with van der Waals surface area (Å²) in [5.74, 6) is 1.28. The molecule has 0 aliphatic rings. The zero-order valence-corrected chi connectivity index (χ0v) is 8.65. The lowest BCUT2D eigenvalue weighted by atomic mass is 10.0. The number of aliphatic hydroxyl groups excluding tert-OH is 1. The van der Waals surface area contributed by atoms with Crippen LogP contribution in [0.25, 0.3) is 0 Å². The standard InChI is InChI=1S/C12H18O2/c1-2-11(10-13)8-9-14-12-6-4-3-5-7-12/h3-7,11,13H,2,8-10H2,1H3. The molecule has 0 aromatic heterocycles. The number of para-hydroxylation sites is 1. The summed E-state index contributed by atoms with van der Waals surface area (Å²) in [6, 6.07) is 9.77. The van der Waals surface area contributed by atoms with Crippen molar-refractivity contribution in [1.82, 2.24) is 0 Å². The predicted molar refractivity (Wildman–Crippen MR) is 57.4 cm³/mol. The molecule has 2 heteroatoms. The van der Waals surface area contributed by atoms with Gasteiger partial charge in [0.25, 0.3) is 0 Å². The van der Waals surface area contributed by atoms with E-state index in [0.717, 1.165) is 18.6 Å². The maximum atomic E-state index is 8.97. The molecule has 1 rings (SSSR count). The lowest BCUT2D eigenvalue weighted by Gasteiger charge is -2.11. The van der Waals surface area contributed by atoms with Crippen LogP contribution in [-0.2, 0) is 0 Å². The summed E-state index contributed by atoms with van der Waals surface area (Å²) in [7, 11) is 0. The number of hydrogen-bond donors (Lipinski definition) is 1. The van der Waals surface area contributed by atoms with Crippen LogP contribution in [0.4, 0.5) is 0 Å². The first-order chi connectivity index (χ1) is 6.86. The van der Waals surface area contributed by atoms with Crippen LogP contribution in [0.2, 0.25) is 0 Å². The van der Waals surface area contributed by atoms with Gasteiger partial charge >= 0.3 is 0 Å². The summed E-state index contributed by atoms with van der Waals surface area (Å²) < 4.78 is 5.53. The molecule has 2 nitrogen and oxygen atoms in total. The highest BCUT2D eigenvalue weighted by atomic mass is 16.5. The zero-order valence-electron chi connectivity index (χ0n) is 8.65. The Morgan fingerprint density at radius 3 is 2.57 bits per heavy atom. The van der Waals surface area contributed by atoms with Crippen molar-refractivity contribution >= 4 is 0 Å². The van der Waals surface area contributed by atoms with Crippen LogP contribution < -0.4 is 4.74 Å². The van der Waals surface area contributed by atoms with Gasteiger partial charge in [-0.05, 0) is 24.5 Å². The maximum absolute atomic E-state index is 8.97. The largest absolute Gasteiger partial charge is 0.494 e. The summed E-state index contributed by atoms with van der Waals surface area (Å²) in [5.41, 5.74) is 0. The van der Waals surface area contributed by atoms with Crippen LogP contribution in [0.3, 0.4) is 0 Å². The van der Waals surface area contributed by atoms with Crippen LogP contribution in [0, 0.1) is 5.92 Å². The molecule has 1 aromatic rings. The van der Waals surface area contributed by atoms with E-state index in [1.54, 1.807) is 0 Å². The molecule has 1 aromatic carbocycles. The molecule has 0 aliphatic heterocycles. The van der Waals surface area contributed by atoms with Gasteiger partial charge in [0.05, 0.1) is 6.61 Å². The first-order valence-electron chi connectivity index (χ1n) is 5.15. The van der Waals surface area contributed by atoms with E-state index >= 15 is 0 Å². The SMILES string of the molecule is CCC(CO)CCOc1ccccc1. The fourth-order valence-electron chi connectivity index (χ4n) is 1.28. The zero-order chi connectivity index (χ0) is 10.2. The molecule has 0 saturated carbocycles. The minimum Gasteiger partial charge on any atom is -0.494 e. The number of aliphatic hydroxyl groups is 1. The predicted octanol–water partition coefficient (Wildman–Crippen LogP) is 2.47. The van der Waals surface area contributed by atoms with E-state index in [9.17, 15) is 0 Å². The molecule has 0 radical (unpaired) electrons. The highest BCUT2D eigenvalue weighted by molar-refractivity contribution is 5.20. The Bertz CT molecular complexity index is 229. The van der Waals surface area contributed by atoms with E-state index < -0.39 is 0 Å². The molecule has 1 N–H and O–H groups in total. The number of ether oxygens (including phenoxy) is 1. The van der Waals surface area contributed by atoms with Crippen molar-refractivity contribution in [3.8, 4) is 5.75 Å². The average molecular weight is 194 g/mol. The number of hydrogen-bond acceptors (Lipinski definition) is 2. The monoisotopic (exact) mass is 194 g/mol. The van der Waals surface area contributed by atoms with Crippen molar-refractivity contribution < 1.29 is 9.84 Å². The Morgan fingerprint density at radius 1 is 1.29 bits per heavy atom. The second-order valence-electron chi connectivity index (χ2n) is 3.41. The van der Waals surface area contributed by atoms with Gasteiger partial charge in [0, 0.05) is 6.61 Å². The molecular formula is C12H18O2. The van der Waals surface area contributed by atoms with Crippen LogP contribution in [0.15, 0.2) is 30.3 Å². The Balaban J connectivity index is 2.21. The van der Waals surface area contributed by atoms with Gasteiger partial charge < -0.3 is 9.84 Å². The van der Waals surface area contributed by atoms with Gasteiger partial charge in [-0.25, -0.2) is 0 Å². The molecule has 0 aliphatic carbocycles. The average Bonchev–Trinajstić information content (AvgIpc) is 2.26. The fraction of sp³-hybridized carbons (Fsp3) is 0.500. The molecule has 0 amide bonds. The first-order valence-corrected chi connectivity index (χ1v) is 5.15. The Morgan fingerprint density at radius 2 is 2.00 bits per heavy atom. The molecule has 1 atom stereocenters. The maximum Gasteiger partial charge on any atom is 0.119 e. The van der Waals surface area contributed by atoms with Crippen LogP contribution in [0.1, 0.15) is 19.8 Å². The lowest BCUT2D eigenvalue weighted by Crippen LogP contribution is -2.09. The van der Waals surface area contributed by atoms with Crippen LogP contribution >= 0.6 is 0 Å². The third-order valence-corrected chi connectivity index (χ3v) is 2.37. The molecule has 0 spiro atoms. The summed E-state index contributed by atoms with van der Waals surface area (Å²) in [6.45, 7) is 3.03. The molecule has 78 valence electrons. The first kappa shape index (κ1) is 11.1. The van der Waals surface area contributed by atoms with Gasteiger partial charge in [0.15, 0.2) is 0 Å². The van der Waals surface area contributed by atoms with Crippen LogP contribution in [0.5, 0.6) is 5.75 Å². The molecule has 0 heterocycles. The van der Waals surface area contributed by atoms with Crippen molar-refractivity contribution in [2.24, 2.45) is 5.92 Å². The Hall–Kier alpha value is -1.02. The van der Waals surface area contributed by atoms with Gasteiger partial charge in [-0.2, -0.15) is 0 Å². The van der Waals surface area contributed by atoms with E-state index in [4.69, 9.17) is 9.84 Å². The van der Waals surface area contributed by atoms with Crippen molar-refractivity contribution in [3.05, 3.63) is 30.3 Å². The molecule has 0 fully saturated rings. The van der Waals surface area contributed by atoms with E-state index in [1.807, 2.05) is 30.3 Å². The second-order valence-corrected chi connectivity index (χ2v) is 3.41. The smallest absolute Gasteiger partial charge is 0.119 e. The fourth-order valence-corrected chi connectivity index (χ4v) is 1.28. The normalized spacial score (nSPS) is 12.4. The van der Waals surface area contributed by atoms with Gasteiger partial charge in [-0.15, -0.1) is 0 Å². The second kappa shape index (κ2) is 6.44. The third-order valence-electron chi connectivity index (χ3n) is 2.37. The lowest BCUT2D eigenvalue weighted by molar-refractivity contribution is 0.188. The Labute approximate surface area is 85.5 Å². The highest BCUT2D eigenvalue weighted by Gasteiger charge is 2.03. The number of benzene rings is 1. The summed E-state index contributed by atoms with van der Waals surface area (Å²) in [4.78, 5) is 0. The van der Waals surface area contributed by atoms with E-state index in [0.29, 0.717) is 12.5 Å². The summed E-state index contributed by atoms with van der Waals surface area (Å²) >= 11 is 0.